The van der Waals surface area contributed by atoms with Crippen LogP contribution in [-0.4, -0.2) is 10.7 Å². The molecule has 0 spiro atoms. The number of rotatable bonds is 10. The molecule has 0 aliphatic rings. The number of alkyl halides is 2. The Morgan fingerprint density at radius 3 is 1.45 bits per heavy atom. The fourth-order valence-electron chi connectivity index (χ4n) is 2.76. The van der Waals surface area contributed by atoms with Gasteiger partial charge in [0.05, 0.1) is 17.9 Å². The highest BCUT2D eigenvalue weighted by atomic mass is 79.9. The molecular formula is C20H14Br6N2OS2. The van der Waals surface area contributed by atoms with Gasteiger partial charge in [0, 0.05) is 20.5 Å². The zero-order chi connectivity index (χ0) is 23.0. The Kier molecular flexibility index (Phi) is 12.9. The molecule has 0 saturated carbocycles. The molecule has 3 nitrogen and oxygen atoms in total. The highest BCUT2D eigenvalue weighted by Gasteiger charge is 2.22. The van der Waals surface area contributed by atoms with E-state index in [-0.39, 0.29) is 0 Å². The lowest BCUT2D eigenvalue weighted by molar-refractivity contribution is 0.467. The van der Waals surface area contributed by atoms with E-state index in [1.54, 1.807) is 0 Å². The lowest BCUT2D eigenvalue weighted by Crippen LogP contribution is -1.99. The Bertz CT molecular complexity index is 955. The summed E-state index contributed by atoms with van der Waals surface area (Å²) >= 11 is 23.9. The van der Waals surface area contributed by atoms with Crippen LogP contribution in [0, 0.1) is 21.3 Å². The van der Waals surface area contributed by atoms with Gasteiger partial charge in [0.25, 0.3) is 0 Å². The van der Waals surface area contributed by atoms with Gasteiger partial charge in [0.1, 0.15) is 10.8 Å². The molecule has 0 fully saturated rings. The average Bonchev–Trinajstić information content (AvgIpc) is 2.73. The van der Waals surface area contributed by atoms with Crippen LogP contribution in [-0.2, 0) is 12.8 Å². The molecule has 0 saturated heterocycles. The maximum Gasteiger partial charge on any atom is 0.156 e. The normalized spacial score (nSPS) is 10.6. The van der Waals surface area contributed by atoms with Gasteiger partial charge in [-0.3, -0.25) is 0 Å². The second-order valence-electron chi connectivity index (χ2n) is 6.03. The van der Waals surface area contributed by atoms with Crippen LogP contribution in [0.25, 0.3) is 0 Å². The van der Waals surface area contributed by atoms with Gasteiger partial charge in [-0.25, -0.2) is 0 Å². The first kappa shape index (κ1) is 28.0. The number of halogens is 6. The standard InChI is InChI=1S/C20H14Br6N2OS2/c21-5-1-3-11-15(30-9-27)7-13(23)19(17(11)25)29-20-14(24)8-16(31-10-28)12(18(20)26)4-2-6-22/h7-8H,1-6H2. The zero-order valence-electron chi connectivity index (χ0n) is 15.8. The van der Waals surface area contributed by atoms with Gasteiger partial charge in [-0.15, -0.1) is 0 Å². The summed E-state index contributed by atoms with van der Waals surface area (Å²) < 4.78 is 9.54. The fourth-order valence-corrected chi connectivity index (χ4v) is 8.05. The van der Waals surface area contributed by atoms with Gasteiger partial charge in [-0.1, -0.05) is 31.9 Å². The number of ether oxygens (including phenoxy) is 1. The topological polar surface area (TPSA) is 56.8 Å². The molecule has 0 unspecified atom stereocenters. The van der Waals surface area contributed by atoms with Gasteiger partial charge in [0.15, 0.2) is 11.5 Å². The van der Waals surface area contributed by atoms with Crippen molar-refractivity contribution in [3.05, 3.63) is 41.2 Å². The summed E-state index contributed by atoms with van der Waals surface area (Å²) in [6, 6.07) is 3.84. The van der Waals surface area contributed by atoms with E-state index in [0.29, 0.717) is 11.5 Å². The number of thioether (sulfide) groups is 2. The average molecular weight is 842 g/mol. The molecule has 11 heteroatoms. The van der Waals surface area contributed by atoms with E-state index in [1.165, 1.54) is 0 Å². The van der Waals surface area contributed by atoms with Crippen LogP contribution in [0.1, 0.15) is 24.0 Å². The maximum atomic E-state index is 9.20. The van der Waals surface area contributed by atoms with E-state index in [0.717, 1.165) is 98.7 Å². The third-order valence-corrected chi connectivity index (χ3v) is 9.44. The lowest BCUT2D eigenvalue weighted by atomic mass is 10.1. The van der Waals surface area contributed by atoms with Crippen LogP contribution in [0.4, 0.5) is 0 Å². The third kappa shape index (κ3) is 7.39. The first-order valence-corrected chi connectivity index (χ1v) is 15.9. The fraction of sp³-hybridized carbons (Fsp3) is 0.300. The monoisotopic (exact) mass is 836 g/mol. The first-order valence-electron chi connectivity index (χ1n) is 8.82. The number of hydrogen-bond donors (Lipinski definition) is 0. The van der Waals surface area contributed by atoms with Gasteiger partial charge >= 0.3 is 0 Å². The van der Waals surface area contributed by atoms with Gasteiger partial charge in [-0.05, 0) is 136 Å². The molecule has 0 atom stereocenters. The number of thiocyanates is 2. The van der Waals surface area contributed by atoms with Crippen LogP contribution in [0.5, 0.6) is 11.5 Å². The summed E-state index contributed by atoms with van der Waals surface area (Å²) in [6.45, 7) is 0. The Hall–Kier alpha value is 0.800. The number of nitrogens with zero attached hydrogens (tertiary/aromatic N) is 2. The smallest absolute Gasteiger partial charge is 0.156 e. The molecule has 164 valence electrons. The summed E-state index contributed by atoms with van der Waals surface area (Å²) in [5, 5.41) is 24.5. The Morgan fingerprint density at radius 1 is 0.742 bits per heavy atom. The van der Waals surface area contributed by atoms with E-state index in [9.17, 15) is 10.5 Å². The van der Waals surface area contributed by atoms with Crippen LogP contribution < -0.4 is 4.74 Å². The zero-order valence-corrected chi connectivity index (χ0v) is 26.9. The van der Waals surface area contributed by atoms with Crippen molar-refractivity contribution >= 4 is 119 Å². The summed E-state index contributed by atoms with van der Waals surface area (Å²) in [5.41, 5.74) is 2.07. The summed E-state index contributed by atoms with van der Waals surface area (Å²) in [7, 11) is 0. The maximum absolute atomic E-state index is 9.20. The van der Waals surface area contributed by atoms with Crippen molar-refractivity contribution < 1.29 is 4.74 Å². The van der Waals surface area contributed by atoms with Crippen molar-refractivity contribution in [1.29, 1.82) is 10.5 Å². The molecule has 0 aliphatic heterocycles. The summed E-state index contributed by atoms with van der Waals surface area (Å²) in [4.78, 5) is 1.79. The second-order valence-corrected chi connectivity index (χ2v) is 12.6. The first-order chi connectivity index (χ1) is 14.9. The molecular weight excluding hydrogens is 828 g/mol. The number of hydrogen-bond acceptors (Lipinski definition) is 5. The van der Waals surface area contributed by atoms with Gasteiger partial charge < -0.3 is 4.74 Å². The molecule has 2 aromatic carbocycles. The molecule has 0 aliphatic carbocycles. The minimum atomic E-state index is 0.639. The Morgan fingerprint density at radius 2 is 1.13 bits per heavy atom. The highest BCUT2D eigenvalue weighted by Crippen LogP contribution is 2.49. The Balaban J connectivity index is 2.59. The van der Waals surface area contributed by atoms with E-state index < -0.39 is 0 Å². The van der Waals surface area contributed by atoms with Crippen LogP contribution in [0.3, 0.4) is 0 Å². The minimum Gasteiger partial charge on any atom is -0.453 e. The summed E-state index contributed by atoms with van der Waals surface area (Å²) in [6.07, 6.45) is 3.47. The van der Waals surface area contributed by atoms with Crippen LogP contribution in [0.15, 0.2) is 39.8 Å². The molecule has 0 N–H and O–H groups in total. The summed E-state index contributed by atoms with van der Waals surface area (Å²) in [5.74, 6) is 1.28. The Labute approximate surface area is 241 Å². The number of nitriles is 2. The van der Waals surface area contributed by atoms with Crippen molar-refractivity contribution in [1.82, 2.24) is 0 Å². The van der Waals surface area contributed by atoms with E-state index in [2.05, 4.69) is 106 Å². The highest BCUT2D eigenvalue weighted by molar-refractivity contribution is 9.11. The molecule has 0 aromatic heterocycles. The number of benzene rings is 2. The van der Waals surface area contributed by atoms with Crippen LogP contribution >= 0.6 is 119 Å². The lowest BCUT2D eigenvalue weighted by Gasteiger charge is -2.19. The van der Waals surface area contributed by atoms with Crippen molar-refractivity contribution in [2.75, 3.05) is 10.7 Å². The van der Waals surface area contributed by atoms with E-state index in [4.69, 9.17) is 4.74 Å². The van der Waals surface area contributed by atoms with Gasteiger partial charge in [0.2, 0.25) is 0 Å². The van der Waals surface area contributed by atoms with E-state index in [1.807, 2.05) is 12.1 Å². The molecule has 0 bridgehead atoms. The quantitative estimate of drug-likeness (QED) is 0.136. The van der Waals surface area contributed by atoms with E-state index >= 15 is 0 Å². The predicted octanol–water partition coefficient (Wildman–Crippen LogP) is 10.3. The van der Waals surface area contributed by atoms with Crippen LogP contribution in [0.2, 0.25) is 0 Å². The largest absolute Gasteiger partial charge is 0.453 e. The van der Waals surface area contributed by atoms with Gasteiger partial charge in [-0.2, -0.15) is 10.5 Å². The molecule has 2 aromatic rings. The molecule has 0 radical (unpaired) electrons. The molecule has 0 amide bonds. The van der Waals surface area contributed by atoms with Crippen molar-refractivity contribution in [3.8, 4) is 22.3 Å². The predicted molar refractivity (Wildman–Crippen MR) is 151 cm³/mol. The minimum absolute atomic E-state index is 0.639. The van der Waals surface area contributed by atoms with Crippen molar-refractivity contribution in [3.63, 3.8) is 0 Å². The van der Waals surface area contributed by atoms with Crippen molar-refractivity contribution in [2.24, 2.45) is 0 Å². The molecule has 0 heterocycles. The second kappa shape index (κ2) is 14.3. The molecule has 2 rings (SSSR count). The van der Waals surface area contributed by atoms with Crippen molar-refractivity contribution in [2.45, 2.75) is 35.5 Å². The third-order valence-electron chi connectivity index (χ3n) is 4.11. The molecule has 31 heavy (non-hydrogen) atoms. The SMILES string of the molecule is N#CSc1cc(Br)c(Oc2c(Br)cc(SC#N)c(CCCBr)c2Br)c(Br)c1CCCBr.